The molecule has 2 unspecified atom stereocenters. The largest absolute Gasteiger partial charge is 0.344 e. The van der Waals surface area contributed by atoms with E-state index in [4.69, 9.17) is 0 Å². The van der Waals surface area contributed by atoms with E-state index in [9.17, 15) is 14.4 Å². The van der Waals surface area contributed by atoms with Crippen LogP contribution in [0.4, 0.5) is 0 Å². The van der Waals surface area contributed by atoms with E-state index in [2.05, 4.69) is 10.6 Å². The lowest BCUT2D eigenvalue weighted by Gasteiger charge is -2.22. The second-order valence-corrected chi connectivity index (χ2v) is 5.03. The van der Waals surface area contributed by atoms with Crippen molar-refractivity contribution in [1.82, 2.24) is 15.5 Å². The van der Waals surface area contributed by atoms with E-state index in [1.807, 2.05) is 0 Å². The van der Waals surface area contributed by atoms with Gasteiger partial charge in [0.1, 0.15) is 6.04 Å². The Morgan fingerprint density at radius 1 is 1.50 bits per heavy atom. The predicted molar refractivity (Wildman–Crippen MR) is 64.5 cm³/mol. The highest BCUT2D eigenvalue weighted by atomic mass is 16.2. The van der Waals surface area contributed by atoms with Crippen LogP contribution >= 0.6 is 0 Å². The molecular weight excluding hydrogens is 234 g/mol. The second kappa shape index (κ2) is 5.48. The first-order valence-corrected chi connectivity index (χ1v) is 6.38. The molecule has 6 nitrogen and oxygen atoms in total. The summed E-state index contributed by atoms with van der Waals surface area (Å²) >= 11 is 0. The zero-order chi connectivity index (χ0) is 13.1. The highest BCUT2D eigenvalue weighted by Crippen LogP contribution is 2.15. The number of hydrogen-bond acceptors (Lipinski definition) is 4. The van der Waals surface area contributed by atoms with Gasteiger partial charge in [0.05, 0.1) is 6.42 Å². The number of piperidine rings is 1. The Kier molecular flexibility index (Phi) is 3.96. The van der Waals surface area contributed by atoms with Crippen LogP contribution in [-0.4, -0.2) is 48.8 Å². The fraction of sp³-hybridized carbons (Fsp3) is 0.750. The smallest absolute Gasteiger partial charge is 0.252 e. The lowest BCUT2D eigenvalue weighted by atomic mass is 9.96. The van der Waals surface area contributed by atoms with Crippen LogP contribution in [0.1, 0.15) is 25.7 Å². The van der Waals surface area contributed by atoms with Crippen LogP contribution in [0.5, 0.6) is 0 Å². The number of likely N-dealkylation sites (N-methyl/N-ethyl adjacent to an activating group) is 1. The Bertz CT molecular complexity index is 364. The van der Waals surface area contributed by atoms with E-state index in [1.54, 1.807) is 0 Å². The van der Waals surface area contributed by atoms with Crippen LogP contribution in [0.3, 0.4) is 0 Å². The zero-order valence-corrected chi connectivity index (χ0v) is 10.6. The Hall–Kier alpha value is -1.43. The maximum absolute atomic E-state index is 11.8. The van der Waals surface area contributed by atoms with Gasteiger partial charge in [-0.15, -0.1) is 0 Å². The Balaban J connectivity index is 1.80. The molecule has 100 valence electrons. The maximum atomic E-state index is 11.8. The summed E-state index contributed by atoms with van der Waals surface area (Å²) in [5.41, 5.74) is 0. The molecule has 0 bridgehead atoms. The number of likely N-dealkylation sites (tertiary alicyclic amines) is 1. The molecule has 2 fully saturated rings. The predicted octanol–water partition coefficient (Wildman–Crippen LogP) is -0.750. The molecule has 3 amide bonds. The van der Waals surface area contributed by atoms with Gasteiger partial charge in [0, 0.05) is 13.5 Å². The molecule has 2 atom stereocenters. The minimum atomic E-state index is -0.661. The van der Waals surface area contributed by atoms with Crippen molar-refractivity contribution < 1.29 is 14.4 Å². The van der Waals surface area contributed by atoms with Gasteiger partial charge in [-0.25, -0.2) is 0 Å². The number of hydrogen-bond donors (Lipinski definition) is 2. The highest BCUT2D eigenvalue weighted by Gasteiger charge is 2.37. The molecule has 6 heteroatoms. The van der Waals surface area contributed by atoms with E-state index in [-0.39, 0.29) is 24.1 Å². The summed E-state index contributed by atoms with van der Waals surface area (Å²) < 4.78 is 0. The summed E-state index contributed by atoms with van der Waals surface area (Å²) in [5, 5.41) is 5.91. The van der Waals surface area contributed by atoms with Crippen LogP contribution in [0.25, 0.3) is 0 Å². The van der Waals surface area contributed by atoms with Crippen molar-refractivity contribution in [3.63, 3.8) is 0 Å². The van der Waals surface area contributed by atoms with Crippen LogP contribution in [-0.2, 0) is 14.4 Å². The molecule has 18 heavy (non-hydrogen) atoms. The Labute approximate surface area is 106 Å². The molecule has 0 radical (unpaired) electrons. The number of rotatable bonds is 3. The van der Waals surface area contributed by atoms with Crippen molar-refractivity contribution in [2.24, 2.45) is 5.92 Å². The van der Waals surface area contributed by atoms with Gasteiger partial charge >= 0.3 is 0 Å². The van der Waals surface area contributed by atoms with Crippen molar-refractivity contribution >= 4 is 17.7 Å². The summed E-state index contributed by atoms with van der Waals surface area (Å²) in [5.74, 6) is -0.339. The third-order valence-electron chi connectivity index (χ3n) is 3.59. The van der Waals surface area contributed by atoms with E-state index in [1.165, 1.54) is 7.05 Å². The molecule has 2 rings (SSSR count). The molecule has 0 aromatic rings. The lowest BCUT2D eigenvalue weighted by Crippen LogP contribution is -2.42. The Morgan fingerprint density at radius 3 is 2.83 bits per heavy atom. The molecular formula is C12H19N3O3. The number of nitrogens with zero attached hydrogens (tertiary/aromatic N) is 1. The second-order valence-electron chi connectivity index (χ2n) is 5.03. The van der Waals surface area contributed by atoms with Crippen molar-refractivity contribution in [2.75, 3.05) is 20.1 Å². The zero-order valence-electron chi connectivity index (χ0n) is 10.6. The molecule has 2 N–H and O–H groups in total. The molecule has 0 saturated carbocycles. The number of amides is 3. The summed E-state index contributed by atoms with van der Waals surface area (Å²) in [6, 6.07) is -0.661. The molecule has 0 aromatic carbocycles. The first-order valence-electron chi connectivity index (χ1n) is 6.38. The number of carbonyl (C=O) groups excluding carboxylic acids is 3. The maximum Gasteiger partial charge on any atom is 0.252 e. The molecule has 0 aromatic heterocycles. The molecule has 2 aliphatic heterocycles. The van der Waals surface area contributed by atoms with Crippen LogP contribution < -0.4 is 10.6 Å². The summed E-state index contributed by atoms with van der Waals surface area (Å²) in [4.78, 5) is 35.8. The van der Waals surface area contributed by atoms with Gasteiger partial charge in [-0.1, -0.05) is 0 Å². The molecule has 2 heterocycles. The fourth-order valence-electron chi connectivity index (χ4n) is 2.48. The van der Waals surface area contributed by atoms with E-state index < -0.39 is 6.04 Å². The molecule has 0 spiro atoms. The monoisotopic (exact) mass is 253 g/mol. The van der Waals surface area contributed by atoms with Crippen LogP contribution in [0.15, 0.2) is 0 Å². The van der Waals surface area contributed by atoms with Gasteiger partial charge in [-0.05, 0) is 31.8 Å². The van der Waals surface area contributed by atoms with Crippen LogP contribution in [0, 0.1) is 5.92 Å². The number of carbonyl (C=O) groups is 3. The molecule has 2 aliphatic rings. The van der Waals surface area contributed by atoms with E-state index in [0.717, 1.165) is 30.8 Å². The van der Waals surface area contributed by atoms with Gasteiger partial charge < -0.3 is 10.6 Å². The normalized spacial score (nSPS) is 28.6. The van der Waals surface area contributed by atoms with Gasteiger partial charge in [0.2, 0.25) is 11.8 Å². The minimum absolute atomic E-state index is 0.0873. The third-order valence-corrected chi connectivity index (χ3v) is 3.59. The average Bonchev–Trinajstić information content (AvgIpc) is 2.58. The Morgan fingerprint density at radius 2 is 2.28 bits per heavy atom. The number of imide groups is 1. The van der Waals surface area contributed by atoms with E-state index in [0.29, 0.717) is 12.3 Å². The topological polar surface area (TPSA) is 78.5 Å². The first kappa shape index (κ1) is 13.0. The summed E-state index contributed by atoms with van der Waals surface area (Å²) in [6.45, 7) is 1.86. The minimum Gasteiger partial charge on any atom is -0.344 e. The lowest BCUT2D eigenvalue weighted by molar-refractivity contribution is -0.138. The van der Waals surface area contributed by atoms with Gasteiger partial charge in [0.25, 0.3) is 5.91 Å². The van der Waals surface area contributed by atoms with Gasteiger partial charge in [-0.2, -0.15) is 0 Å². The van der Waals surface area contributed by atoms with Crippen molar-refractivity contribution in [3.8, 4) is 0 Å². The third kappa shape index (κ3) is 2.87. The van der Waals surface area contributed by atoms with Crippen molar-refractivity contribution in [2.45, 2.75) is 31.7 Å². The fourth-order valence-corrected chi connectivity index (χ4v) is 2.48. The molecule has 2 saturated heterocycles. The summed E-state index contributed by atoms with van der Waals surface area (Å²) in [6.07, 6.45) is 2.64. The van der Waals surface area contributed by atoms with E-state index >= 15 is 0 Å². The SMILES string of the molecule is CN1C(=O)CC(NC(=O)CC2CCCNC2)C1=O. The van der Waals surface area contributed by atoms with Gasteiger partial charge in [-0.3, -0.25) is 19.3 Å². The van der Waals surface area contributed by atoms with Gasteiger partial charge in [0.15, 0.2) is 0 Å². The van der Waals surface area contributed by atoms with Crippen molar-refractivity contribution in [1.29, 1.82) is 0 Å². The highest BCUT2D eigenvalue weighted by molar-refractivity contribution is 6.06. The molecule has 0 aliphatic carbocycles. The standard InChI is InChI=1S/C12H19N3O3/c1-15-11(17)6-9(12(15)18)14-10(16)5-8-3-2-4-13-7-8/h8-9,13H,2-7H2,1H3,(H,14,16). The first-order chi connectivity index (χ1) is 8.58. The summed E-state index contributed by atoms with van der Waals surface area (Å²) in [7, 11) is 1.45. The van der Waals surface area contributed by atoms with Crippen LogP contribution in [0.2, 0.25) is 0 Å². The van der Waals surface area contributed by atoms with Crippen molar-refractivity contribution in [3.05, 3.63) is 0 Å². The quantitative estimate of drug-likeness (QED) is 0.649. The average molecular weight is 253 g/mol. The number of nitrogens with one attached hydrogen (secondary N) is 2.